The molecule has 0 aliphatic heterocycles. The van der Waals surface area contributed by atoms with Gasteiger partial charge >= 0.3 is 0 Å². The molecular weight excluding hydrogens is 318 g/mol. The third kappa shape index (κ3) is 5.48. The Balaban J connectivity index is 1.94. The number of aromatic nitrogens is 2. The zero-order chi connectivity index (χ0) is 16.9. The van der Waals surface area contributed by atoms with Gasteiger partial charge in [-0.15, -0.1) is 0 Å². The lowest BCUT2D eigenvalue weighted by molar-refractivity contribution is -0.113. The molecule has 1 amide bonds. The maximum absolute atomic E-state index is 12.0. The van der Waals surface area contributed by atoms with Crippen LogP contribution in [0.3, 0.4) is 0 Å². The highest BCUT2D eigenvalue weighted by molar-refractivity contribution is 7.91. The molecule has 0 aliphatic carbocycles. The SMILES string of the molecule is CCCc1nc(CS(=O)(=O)CC(=O)Nc2ccc(C)cc2)no1. The van der Waals surface area contributed by atoms with Crippen LogP contribution in [0.1, 0.15) is 30.6 Å². The molecule has 1 heterocycles. The van der Waals surface area contributed by atoms with E-state index in [-0.39, 0.29) is 5.82 Å². The van der Waals surface area contributed by atoms with Crippen LogP contribution >= 0.6 is 0 Å². The van der Waals surface area contributed by atoms with Gasteiger partial charge in [0.05, 0.1) is 0 Å². The van der Waals surface area contributed by atoms with E-state index < -0.39 is 27.3 Å². The van der Waals surface area contributed by atoms with Crippen molar-refractivity contribution in [2.45, 2.75) is 32.4 Å². The molecule has 124 valence electrons. The number of nitrogens with one attached hydrogen (secondary N) is 1. The van der Waals surface area contributed by atoms with Crippen LogP contribution in [0.15, 0.2) is 28.8 Å². The van der Waals surface area contributed by atoms with E-state index in [9.17, 15) is 13.2 Å². The Hall–Kier alpha value is -2.22. The van der Waals surface area contributed by atoms with Crippen LogP contribution in [0, 0.1) is 6.92 Å². The number of hydrogen-bond donors (Lipinski definition) is 1. The smallest absolute Gasteiger partial charge is 0.239 e. The number of hydrogen-bond acceptors (Lipinski definition) is 6. The highest BCUT2D eigenvalue weighted by atomic mass is 32.2. The molecule has 1 aromatic carbocycles. The molecule has 1 aromatic heterocycles. The van der Waals surface area contributed by atoms with E-state index in [1.165, 1.54) is 0 Å². The second-order valence-electron chi connectivity index (χ2n) is 5.30. The van der Waals surface area contributed by atoms with E-state index >= 15 is 0 Å². The second-order valence-corrected chi connectivity index (χ2v) is 7.37. The van der Waals surface area contributed by atoms with E-state index in [0.717, 1.165) is 12.0 Å². The predicted octanol–water partition coefficient (Wildman–Crippen LogP) is 1.88. The monoisotopic (exact) mass is 337 g/mol. The molecule has 2 aromatic rings. The molecule has 0 saturated carbocycles. The van der Waals surface area contributed by atoms with E-state index in [2.05, 4.69) is 15.5 Å². The number of carbonyl (C=O) groups excluding carboxylic acids is 1. The van der Waals surface area contributed by atoms with E-state index in [0.29, 0.717) is 18.0 Å². The van der Waals surface area contributed by atoms with Crippen LogP contribution in [0.4, 0.5) is 5.69 Å². The fraction of sp³-hybridized carbons (Fsp3) is 0.400. The van der Waals surface area contributed by atoms with Gasteiger partial charge in [-0.2, -0.15) is 4.98 Å². The van der Waals surface area contributed by atoms with Gasteiger partial charge in [-0.25, -0.2) is 8.42 Å². The third-order valence-electron chi connectivity index (χ3n) is 3.01. The maximum Gasteiger partial charge on any atom is 0.239 e. The number of aryl methyl sites for hydroxylation is 2. The summed E-state index contributed by atoms with van der Waals surface area (Å²) in [5, 5.41) is 6.18. The molecular formula is C15H19N3O4S. The minimum absolute atomic E-state index is 0.0802. The van der Waals surface area contributed by atoms with Crippen LogP contribution in [0.5, 0.6) is 0 Å². The summed E-state index contributed by atoms with van der Waals surface area (Å²) in [5.74, 6) is -1.15. The summed E-state index contributed by atoms with van der Waals surface area (Å²) in [4.78, 5) is 15.9. The number of anilines is 1. The van der Waals surface area contributed by atoms with Gasteiger partial charge in [0.2, 0.25) is 11.8 Å². The normalized spacial score (nSPS) is 11.4. The van der Waals surface area contributed by atoms with Gasteiger partial charge in [0.1, 0.15) is 11.5 Å². The third-order valence-corrected chi connectivity index (χ3v) is 4.41. The first-order chi connectivity index (χ1) is 10.9. The minimum atomic E-state index is -3.66. The van der Waals surface area contributed by atoms with Gasteiger partial charge in [-0.3, -0.25) is 4.79 Å². The van der Waals surface area contributed by atoms with Gasteiger partial charge in [0.15, 0.2) is 15.7 Å². The Bertz CT molecular complexity index is 766. The van der Waals surface area contributed by atoms with Crippen LogP contribution in [-0.4, -0.2) is 30.2 Å². The average Bonchev–Trinajstić information content (AvgIpc) is 2.87. The topological polar surface area (TPSA) is 102 Å². The van der Waals surface area contributed by atoms with Crippen molar-refractivity contribution < 1.29 is 17.7 Å². The lowest BCUT2D eigenvalue weighted by Crippen LogP contribution is -2.24. The van der Waals surface area contributed by atoms with Gasteiger partial charge < -0.3 is 9.84 Å². The number of amides is 1. The molecule has 0 saturated heterocycles. The largest absolute Gasteiger partial charge is 0.339 e. The summed E-state index contributed by atoms with van der Waals surface area (Å²) in [7, 11) is -3.66. The maximum atomic E-state index is 12.0. The molecule has 0 radical (unpaired) electrons. The van der Waals surface area contributed by atoms with Crippen molar-refractivity contribution in [3.63, 3.8) is 0 Å². The van der Waals surface area contributed by atoms with E-state index in [1.807, 2.05) is 26.0 Å². The van der Waals surface area contributed by atoms with E-state index in [4.69, 9.17) is 4.52 Å². The van der Waals surface area contributed by atoms with Crippen LogP contribution in [-0.2, 0) is 26.8 Å². The second kappa shape index (κ2) is 7.36. The molecule has 1 N–H and O–H groups in total. The lowest BCUT2D eigenvalue weighted by atomic mass is 10.2. The average molecular weight is 337 g/mol. The summed E-state index contributed by atoms with van der Waals surface area (Å²) in [5.41, 5.74) is 1.61. The highest BCUT2D eigenvalue weighted by Gasteiger charge is 2.20. The van der Waals surface area contributed by atoms with Crippen LogP contribution in [0.2, 0.25) is 0 Å². The summed E-state index contributed by atoms with van der Waals surface area (Å²) in [6.45, 7) is 3.88. The van der Waals surface area contributed by atoms with Gasteiger partial charge in [0, 0.05) is 12.1 Å². The van der Waals surface area contributed by atoms with Crippen molar-refractivity contribution in [2.24, 2.45) is 0 Å². The summed E-state index contributed by atoms with van der Waals surface area (Å²) >= 11 is 0. The Labute approximate surface area is 135 Å². The lowest BCUT2D eigenvalue weighted by Gasteiger charge is -2.05. The number of carbonyl (C=O) groups is 1. The van der Waals surface area contributed by atoms with Gasteiger partial charge in [0.25, 0.3) is 0 Å². The molecule has 0 spiro atoms. The van der Waals surface area contributed by atoms with Crippen molar-refractivity contribution >= 4 is 21.4 Å². The molecule has 0 atom stereocenters. The summed E-state index contributed by atoms with van der Waals surface area (Å²) in [6, 6.07) is 7.10. The first-order valence-corrected chi connectivity index (χ1v) is 9.08. The fourth-order valence-electron chi connectivity index (χ4n) is 1.95. The van der Waals surface area contributed by atoms with E-state index in [1.54, 1.807) is 12.1 Å². The molecule has 0 aliphatic rings. The Morgan fingerprint density at radius 1 is 1.26 bits per heavy atom. The number of sulfone groups is 1. The van der Waals surface area contributed by atoms with Crippen molar-refractivity contribution in [1.82, 2.24) is 10.1 Å². The van der Waals surface area contributed by atoms with Crippen molar-refractivity contribution in [1.29, 1.82) is 0 Å². The Kier molecular flexibility index (Phi) is 5.49. The molecule has 0 bridgehead atoms. The van der Waals surface area contributed by atoms with Crippen molar-refractivity contribution in [2.75, 3.05) is 11.1 Å². The van der Waals surface area contributed by atoms with Gasteiger partial charge in [-0.1, -0.05) is 29.8 Å². The van der Waals surface area contributed by atoms with Crippen molar-refractivity contribution in [3.05, 3.63) is 41.5 Å². The molecule has 2 rings (SSSR count). The van der Waals surface area contributed by atoms with Crippen molar-refractivity contribution in [3.8, 4) is 0 Å². The zero-order valence-electron chi connectivity index (χ0n) is 13.1. The standard InChI is InChI=1S/C15H19N3O4S/c1-3-4-15-17-13(18-22-15)9-23(20,21)10-14(19)16-12-7-5-11(2)6-8-12/h5-8H,3-4,9-10H2,1-2H3,(H,16,19). The quantitative estimate of drug-likeness (QED) is 0.827. The minimum Gasteiger partial charge on any atom is -0.339 e. The summed E-state index contributed by atoms with van der Waals surface area (Å²) < 4.78 is 29.0. The number of rotatable bonds is 7. The number of benzene rings is 1. The fourth-order valence-corrected chi connectivity index (χ4v) is 3.03. The molecule has 7 nitrogen and oxygen atoms in total. The molecule has 23 heavy (non-hydrogen) atoms. The van der Waals surface area contributed by atoms with Crippen LogP contribution < -0.4 is 5.32 Å². The first kappa shape index (κ1) is 17.1. The molecule has 0 fully saturated rings. The Morgan fingerprint density at radius 2 is 1.96 bits per heavy atom. The Morgan fingerprint density at radius 3 is 2.61 bits per heavy atom. The summed E-state index contributed by atoms with van der Waals surface area (Å²) in [6.07, 6.45) is 1.42. The predicted molar refractivity (Wildman–Crippen MR) is 85.6 cm³/mol. The first-order valence-electron chi connectivity index (χ1n) is 7.26. The van der Waals surface area contributed by atoms with Crippen LogP contribution in [0.25, 0.3) is 0 Å². The zero-order valence-corrected chi connectivity index (χ0v) is 13.9. The molecule has 8 heteroatoms. The highest BCUT2D eigenvalue weighted by Crippen LogP contribution is 2.10. The number of nitrogens with zero attached hydrogens (tertiary/aromatic N) is 2. The van der Waals surface area contributed by atoms with Gasteiger partial charge in [-0.05, 0) is 25.5 Å². The molecule has 0 unspecified atom stereocenters.